The van der Waals surface area contributed by atoms with E-state index < -0.39 is 11.9 Å². The van der Waals surface area contributed by atoms with E-state index in [0.29, 0.717) is 23.8 Å². The van der Waals surface area contributed by atoms with E-state index in [2.05, 4.69) is 5.32 Å². The Hall–Kier alpha value is -3.87. The molecule has 1 heterocycles. The van der Waals surface area contributed by atoms with Crippen LogP contribution < -0.4 is 10.1 Å². The van der Waals surface area contributed by atoms with Crippen molar-refractivity contribution < 1.29 is 27.9 Å². The minimum absolute atomic E-state index is 0.112. The monoisotopic (exact) mass is 409 g/mol. The first-order chi connectivity index (χ1) is 14.5. The summed E-state index contributed by atoms with van der Waals surface area (Å²) in [5, 5.41) is 2.73. The van der Waals surface area contributed by atoms with Crippen molar-refractivity contribution in [1.29, 1.82) is 0 Å². The van der Waals surface area contributed by atoms with Gasteiger partial charge in [-0.05, 0) is 67.1 Å². The van der Waals surface area contributed by atoms with Gasteiger partial charge in [-0.15, -0.1) is 0 Å². The molecule has 1 amide bonds. The van der Waals surface area contributed by atoms with Crippen LogP contribution in [-0.2, 0) is 16.1 Å². The number of nitrogens with one attached hydrogen (secondary N) is 1. The number of esters is 1. The van der Waals surface area contributed by atoms with Crippen molar-refractivity contribution in [2.24, 2.45) is 0 Å². The van der Waals surface area contributed by atoms with Crippen molar-refractivity contribution >= 4 is 23.6 Å². The normalized spacial score (nSPS) is 10.7. The summed E-state index contributed by atoms with van der Waals surface area (Å²) in [6.07, 6.45) is 2.97. The third-order valence-electron chi connectivity index (χ3n) is 3.95. The smallest absolute Gasteiger partial charge is 0.330 e. The van der Waals surface area contributed by atoms with Crippen LogP contribution in [0.4, 0.5) is 10.1 Å². The van der Waals surface area contributed by atoms with Gasteiger partial charge in [-0.1, -0.05) is 12.1 Å². The molecular weight excluding hydrogens is 389 g/mol. The standard InChI is InChI=1S/C23H20FNO5/c1-2-28-22(26)14-5-16-3-8-18(9-4-16)25-23(27)21-13-12-20(30-21)15-29-19-10-6-17(24)7-11-19/h3-14H,2,15H2,1H3,(H,25,27)/b14-5+. The number of furan rings is 1. The number of hydrogen-bond donors (Lipinski definition) is 1. The fourth-order valence-corrected chi connectivity index (χ4v) is 2.49. The van der Waals surface area contributed by atoms with Crippen LogP contribution >= 0.6 is 0 Å². The van der Waals surface area contributed by atoms with Gasteiger partial charge >= 0.3 is 5.97 Å². The lowest BCUT2D eigenvalue weighted by Crippen LogP contribution is -2.10. The quantitative estimate of drug-likeness (QED) is 0.426. The van der Waals surface area contributed by atoms with E-state index in [1.807, 2.05) is 0 Å². The highest BCUT2D eigenvalue weighted by molar-refractivity contribution is 6.02. The van der Waals surface area contributed by atoms with Gasteiger partial charge in [0.2, 0.25) is 0 Å². The van der Waals surface area contributed by atoms with Gasteiger partial charge in [0.1, 0.15) is 23.9 Å². The molecule has 7 heteroatoms. The van der Waals surface area contributed by atoms with Crippen molar-refractivity contribution in [1.82, 2.24) is 0 Å². The van der Waals surface area contributed by atoms with Crippen LogP contribution in [0.2, 0.25) is 0 Å². The Morgan fingerprint density at radius 2 is 1.77 bits per heavy atom. The third kappa shape index (κ3) is 6.07. The molecule has 1 N–H and O–H groups in total. The largest absolute Gasteiger partial charge is 0.486 e. The van der Waals surface area contributed by atoms with E-state index in [9.17, 15) is 14.0 Å². The van der Waals surface area contributed by atoms with Crippen LogP contribution in [-0.4, -0.2) is 18.5 Å². The maximum atomic E-state index is 12.9. The molecule has 0 saturated heterocycles. The van der Waals surface area contributed by atoms with Crippen LogP contribution in [0.5, 0.6) is 5.75 Å². The molecule has 0 atom stereocenters. The molecule has 1 aromatic heterocycles. The van der Waals surface area contributed by atoms with Gasteiger partial charge in [-0.25, -0.2) is 9.18 Å². The van der Waals surface area contributed by atoms with E-state index >= 15 is 0 Å². The van der Waals surface area contributed by atoms with E-state index in [0.717, 1.165) is 5.56 Å². The molecule has 0 saturated carbocycles. The van der Waals surface area contributed by atoms with E-state index in [-0.39, 0.29) is 18.2 Å². The summed E-state index contributed by atoms with van der Waals surface area (Å²) in [5.41, 5.74) is 1.37. The number of carbonyl (C=O) groups excluding carboxylic acids is 2. The zero-order valence-electron chi connectivity index (χ0n) is 16.3. The zero-order valence-corrected chi connectivity index (χ0v) is 16.3. The molecule has 0 bridgehead atoms. The molecule has 0 aliphatic carbocycles. The molecule has 3 aromatic rings. The van der Waals surface area contributed by atoms with Crippen molar-refractivity contribution in [3.8, 4) is 5.75 Å². The second-order valence-corrected chi connectivity index (χ2v) is 6.17. The van der Waals surface area contributed by atoms with Crippen LogP contribution in [0.15, 0.2) is 71.2 Å². The Balaban J connectivity index is 1.53. The summed E-state index contributed by atoms with van der Waals surface area (Å²) in [4.78, 5) is 23.7. The van der Waals surface area contributed by atoms with Crippen LogP contribution in [0.1, 0.15) is 28.8 Å². The lowest BCUT2D eigenvalue weighted by molar-refractivity contribution is -0.137. The van der Waals surface area contributed by atoms with Crippen molar-refractivity contribution in [2.75, 3.05) is 11.9 Å². The fraction of sp³-hybridized carbons (Fsp3) is 0.130. The summed E-state index contributed by atoms with van der Waals surface area (Å²) < 4.78 is 28.7. The SMILES string of the molecule is CCOC(=O)/C=C/c1ccc(NC(=O)c2ccc(COc3ccc(F)cc3)o2)cc1. The number of rotatable bonds is 8. The molecule has 0 aliphatic rings. The minimum atomic E-state index is -0.410. The Bertz CT molecular complexity index is 1020. The lowest BCUT2D eigenvalue weighted by Gasteiger charge is -2.05. The molecule has 30 heavy (non-hydrogen) atoms. The van der Waals surface area contributed by atoms with Crippen molar-refractivity contribution in [3.05, 3.63) is 89.6 Å². The molecule has 0 unspecified atom stereocenters. The van der Waals surface area contributed by atoms with Gasteiger partial charge in [0.25, 0.3) is 5.91 Å². The number of hydrogen-bond acceptors (Lipinski definition) is 5. The molecular formula is C23H20FNO5. The van der Waals surface area contributed by atoms with Gasteiger partial charge in [0.05, 0.1) is 6.61 Å². The molecule has 6 nitrogen and oxygen atoms in total. The molecule has 0 spiro atoms. The Labute approximate surface area is 172 Å². The third-order valence-corrected chi connectivity index (χ3v) is 3.95. The Kier molecular flexibility index (Phi) is 7.00. The second-order valence-electron chi connectivity index (χ2n) is 6.17. The van der Waals surface area contributed by atoms with E-state index in [1.165, 1.54) is 30.3 Å². The molecule has 3 rings (SSSR count). The lowest BCUT2D eigenvalue weighted by atomic mass is 10.2. The summed E-state index contributed by atoms with van der Waals surface area (Å²) in [6.45, 7) is 2.17. The first-order valence-electron chi connectivity index (χ1n) is 9.27. The van der Waals surface area contributed by atoms with Gasteiger partial charge < -0.3 is 19.2 Å². The maximum absolute atomic E-state index is 12.9. The fourth-order valence-electron chi connectivity index (χ4n) is 2.49. The average Bonchev–Trinajstić information content (AvgIpc) is 3.22. The molecule has 154 valence electrons. The Morgan fingerprint density at radius 1 is 1.03 bits per heavy atom. The summed E-state index contributed by atoms with van der Waals surface area (Å²) >= 11 is 0. The minimum Gasteiger partial charge on any atom is -0.486 e. The highest BCUT2D eigenvalue weighted by atomic mass is 19.1. The summed E-state index contributed by atoms with van der Waals surface area (Å²) in [5.74, 6) is -0.0640. The van der Waals surface area contributed by atoms with Gasteiger partial charge in [0, 0.05) is 11.8 Å². The Morgan fingerprint density at radius 3 is 2.47 bits per heavy atom. The average molecular weight is 409 g/mol. The highest BCUT2D eigenvalue weighted by Gasteiger charge is 2.12. The summed E-state index contributed by atoms with van der Waals surface area (Å²) in [6, 6.07) is 15.8. The predicted molar refractivity (Wildman–Crippen MR) is 110 cm³/mol. The second kappa shape index (κ2) is 10.1. The van der Waals surface area contributed by atoms with E-state index in [4.69, 9.17) is 13.9 Å². The number of amides is 1. The van der Waals surface area contributed by atoms with Crippen molar-refractivity contribution in [3.63, 3.8) is 0 Å². The molecule has 2 aromatic carbocycles. The predicted octanol–water partition coefficient (Wildman–Crippen LogP) is 4.83. The highest BCUT2D eigenvalue weighted by Crippen LogP contribution is 2.17. The number of ether oxygens (including phenoxy) is 2. The number of anilines is 1. The van der Waals surface area contributed by atoms with Gasteiger partial charge in [-0.2, -0.15) is 0 Å². The maximum Gasteiger partial charge on any atom is 0.330 e. The van der Waals surface area contributed by atoms with E-state index in [1.54, 1.807) is 49.4 Å². The van der Waals surface area contributed by atoms with Crippen LogP contribution in [0, 0.1) is 5.82 Å². The first kappa shape index (κ1) is 20.9. The van der Waals surface area contributed by atoms with Crippen molar-refractivity contribution in [2.45, 2.75) is 13.5 Å². The summed E-state index contributed by atoms with van der Waals surface area (Å²) in [7, 11) is 0. The first-order valence-corrected chi connectivity index (χ1v) is 9.27. The molecule has 0 radical (unpaired) electrons. The number of carbonyl (C=O) groups is 2. The molecule has 0 fully saturated rings. The zero-order chi connectivity index (χ0) is 21.3. The van der Waals surface area contributed by atoms with Crippen LogP contribution in [0.25, 0.3) is 6.08 Å². The van der Waals surface area contributed by atoms with Crippen LogP contribution in [0.3, 0.4) is 0 Å². The van der Waals surface area contributed by atoms with Gasteiger partial charge in [-0.3, -0.25) is 4.79 Å². The molecule has 0 aliphatic heterocycles. The number of benzene rings is 2. The topological polar surface area (TPSA) is 77.8 Å². The number of halogens is 1. The van der Waals surface area contributed by atoms with Gasteiger partial charge in [0.15, 0.2) is 5.76 Å².